The van der Waals surface area contributed by atoms with Crippen molar-refractivity contribution >= 4 is 11.3 Å². The SMILES string of the molecule is CC1(C)Cc2nc(C(C)(C)C#N)sc2C(N)C1. The Labute approximate surface area is 107 Å². The minimum absolute atomic E-state index is 0.0782. The van der Waals surface area contributed by atoms with Gasteiger partial charge in [0.25, 0.3) is 0 Å². The lowest BCUT2D eigenvalue weighted by Crippen LogP contribution is -2.28. The van der Waals surface area contributed by atoms with Crippen molar-refractivity contribution in [1.82, 2.24) is 4.98 Å². The third-order valence-corrected chi connectivity index (χ3v) is 4.85. The predicted octanol–water partition coefficient (Wildman–Crippen LogP) is 2.92. The van der Waals surface area contributed by atoms with Crippen LogP contribution >= 0.6 is 11.3 Å². The number of nitrogens with two attached hydrogens (primary N) is 1. The summed E-state index contributed by atoms with van der Waals surface area (Å²) in [5, 5.41) is 10.1. The maximum absolute atomic E-state index is 9.16. The Bertz CT molecular complexity index is 479. The molecule has 0 spiro atoms. The highest BCUT2D eigenvalue weighted by atomic mass is 32.1. The summed E-state index contributed by atoms with van der Waals surface area (Å²) < 4.78 is 0. The van der Waals surface area contributed by atoms with Crippen molar-refractivity contribution < 1.29 is 0 Å². The molecular weight excluding hydrogens is 230 g/mol. The lowest BCUT2D eigenvalue weighted by atomic mass is 9.76. The molecule has 0 fully saturated rings. The Kier molecular flexibility index (Phi) is 2.80. The number of hydrogen-bond donors (Lipinski definition) is 1. The summed E-state index contributed by atoms with van der Waals surface area (Å²) in [7, 11) is 0. The van der Waals surface area contributed by atoms with E-state index in [1.54, 1.807) is 11.3 Å². The van der Waals surface area contributed by atoms with E-state index >= 15 is 0 Å². The highest BCUT2D eigenvalue weighted by Crippen LogP contribution is 2.43. The zero-order valence-corrected chi connectivity index (χ0v) is 11.7. The van der Waals surface area contributed by atoms with Gasteiger partial charge >= 0.3 is 0 Å². The average molecular weight is 249 g/mol. The fourth-order valence-electron chi connectivity index (χ4n) is 2.31. The first-order valence-corrected chi connectivity index (χ1v) is 6.74. The summed E-state index contributed by atoms with van der Waals surface area (Å²) in [5.41, 5.74) is 7.02. The van der Waals surface area contributed by atoms with Gasteiger partial charge in [-0.3, -0.25) is 0 Å². The molecule has 1 aliphatic rings. The molecular formula is C13H19N3S. The number of nitriles is 1. The zero-order valence-electron chi connectivity index (χ0n) is 10.9. The predicted molar refractivity (Wildman–Crippen MR) is 69.8 cm³/mol. The Morgan fingerprint density at radius 1 is 1.53 bits per heavy atom. The first kappa shape index (κ1) is 12.5. The van der Waals surface area contributed by atoms with Gasteiger partial charge in [-0.05, 0) is 32.1 Å². The van der Waals surface area contributed by atoms with Gasteiger partial charge in [0, 0.05) is 10.9 Å². The van der Waals surface area contributed by atoms with Gasteiger partial charge < -0.3 is 5.73 Å². The van der Waals surface area contributed by atoms with E-state index in [9.17, 15) is 0 Å². The van der Waals surface area contributed by atoms with Crippen molar-refractivity contribution in [1.29, 1.82) is 5.26 Å². The maximum atomic E-state index is 9.16. The van der Waals surface area contributed by atoms with Crippen LogP contribution in [0.5, 0.6) is 0 Å². The molecule has 92 valence electrons. The third-order valence-electron chi connectivity index (χ3n) is 3.30. The Balaban J connectivity index is 2.44. The Hall–Kier alpha value is -0.920. The minimum Gasteiger partial charge on any atom is -0.323 e. The molecule has 2 N–H and O–H groups in total. The molecule has 0 radical (unpaired) electrons. The molecule has 0 aliphatic heterocycles. The molecule has 1 unspecified atom stereocenters. The largest absolute Gasteiger partial charge is 0.323 e. The van der Waals surface area contributed by atoms with E-state index in [4.69, 9.17) is 11.0 Å². The summed E-state index contributed by atoms with van der Waals surface area (Å²) in [6.45, 7) is 8.27. The molecule has 0 aromatic carbocycles. The molecule has 1 heterocycles. The van der Waals surface area contributed by atoms with Gasteiger partial charge in [0.15, 0.2) is 0 Å². The molecule has 0 saturated heterocycles. The van der Waals surface area contributed by atoms with Gasteiger partial charge in [-0.15, -0.1) is 11.3 Å². The van der Waals surface area contributed by atoms with Gasteiger partial charge in [0.05, 0.1) is 11.8 Å². The van der Waals surface area contributed by atoms with E-state index < -0.39 is 5.41 Å². The quantitative estimate of drug-likeness (QED) is 0.832. The molecule has 1 aromatic rings. The number of nitrogens with zero attached hydrogens (tertiary/aromatic N) is 2. The second-order valence-corrected chi connectivity index (χ2v) is 7.25. The van der Waals surface area contributed by atoms with Crippen LogP contribution in [-0.4, -0.2) is 4.98 Å². The van der Waals surface area contributed by atoms with Crippen LogP contribution in [0.15, 0.2) is 0 Å². The number of aromatic nitrogens is 1. The summed E-state index contributed by atoms with van der Waals surface area (Å²) in [4.78, 5) is 5.84. The Morgan fingerprint density at radius 3 is 2.76 bits per heavy atom. The topological polar surface area (TPSA) is 62.7 Å². The molecule has 17 heavy (non-hydrogen) atoms. The maximum Gasteiger partial charge on any atom is 0.113 e. The smallest absolute Gasteiger partial charge is 0.113 e. The van der Waals surface area contributed by atoms with Crippen LogP contribution in [0.2, 0.25) is 0 Å². The summed E-state index contributed by atoms with van der Waals surface area (Å²) >= 11 is 1.62. The number of hydrogen-bond acceptors (Lipinski definition) is 4. The van der Waals surface area contributed by atoms with Gasteiger partial charge in [-0.2, -0.15) is 5.26 Å². The van der Waals surface area contributed by atoms with Gasteiger partial charge in [0.1, 0.15) is 10.4 Å². The second kappa shape index (κ2) is 3.79. The summed E-state index contributed by atoms with van der Waals surface area (Å²) in [6, 6.07) is 2.39. The third kappa shape index (κ3) is 2.22. The normalized spacial score (nSPS) is 22.9. The fraction of sp³-hybridized carbons (Fsp3) is 0.692. The average Bonchev–Trinajstić information content (AvgIpc) is 2.60. The minimum atomic E-state index is -0.508. The van der Waals surface area contributed by atoms with Crippen LogP contribution in [0, 0.1) is 16.7 Å². The van der Waals surface area contributed by atoms with E-state index in [1.165, 1.54) is 4.88 Å². The standard InChI is InChI=1S/C13H19N3S/c1-12(2)5-8(15)10-9(6-12)16-11(17-10)13(3,4)7-14/h8H,5-6,15H2,1-4H3. The molecule has 1 atom stereocenters. The molecule has 0 amide bonds. The molecule has 3 nitrogen and oxygen atoms in total. The molecule has 1 aromatic heterocycles. The van der Waals surface area contributed by atoms with E-state index in [-0.39, 0.29) is 11.5 Å². The molecule has 2 rings (SSSR count). The first-order chi connectivity index (χ1) is 7.75. The van der Waals surface area contributed by atoms with Crippen molar-refractivity contribution in [3.8, 4) is 6.07 Å². The van der Waals surface area contributed by atoms with Crippen LogP contribution in [0.25, 0.3) is 0 Å². The van der Waals surface area contributed by atoms with Crippen molar-refractivity contribution in [3.05, 3.63) is 15.6 Å². The van der Waals surface area contributed by atoms with E-state index in [1.807, 2.05) is 13.8 Å². The van der Waals surface area contributed by atoms with E-state index in [2.05, 4.69) is 24.9 Å². The second-order valence-electron chi connectivity index (χ2n) is 6.22. The van der Waals surface area contributed by atoms with Crippen LogP contribution in [0.1, 0.15) is 55.7 Å². The van der Waals surface area contributed by atoms with Crippen molar-refractivity contribution in [2.75, 3.05) is 0 Å². The molecule has 0 saturated carbocycles. The monoisotopic (exact) mass is 249 g/mol. The first-order valence-electron chi connectivity index (χ1n) is 5.92. The Morgan fingerprint density at radius 2 is 2.18 bits per heavy atom. The van der Waals surface area contributed by atoms with Crippen LogP contribution in [0.3, 0.4) is 0 Å². The van der Waals surface area contributed by atoms with Gasteiger partial charge in [0.2, 0.25) is 0 Å². The van der Waals surface area contributed by atoms with E-state index in [0.29, 0.717) is 0 Å². The zero-order chi connectivity index (χ0) is 12.8. The molecule has 1 aliphatic carbocycles. The van der Waals surface area contributed by atoms with E-state index in [0.717, 1.165) is 23.5 Å². The summed E-state index contributed by atoms with van der Waals surface area (Å²) in [5.74, 6) is 0. The lowest BCUT2D eigenvalue weighted by Gasteiger charge is -2.32. The van der Waals surface area contributed by atoms with Crippen LogP contribution in [-0.2, 0) is 11.8 Å². The summed E-state index contributed by atoms with van der Waals surface area (Å²) in [6.07, 6.45) is 1.96. The van der Waals surface area contributed by atoms with Gasteiger partial charge in [-0.25, -0.2) is 4.98 Å². The number of thiazole rings is 1. The fourth-order valence-corrected chi connectivity index (χ4v) is 3.44. The van der Waals surface area contributed by atoms with Crippen LogP contribution in [0.4, 0.5) is 0 Å². The highest BCUT2D eigenvalue weighted by Gasteiger charge is 2.35. The molecule has 0 bridgehead atoms. The van der Waals surface area contributed by atoms with Crippen molar-refractivity contribution in [2.45, 2.75) is 52.0 Å². The van der Waals surface area contributed by atoms with Crippen molar-refractivity contribution in [2.24, 2.45) is 11.1 Å². The number of fused-ring (bicyclic) bond motifs is 1. The van der Waals surface area contributed by atoms with Crippen LogP contribution < -0.4 is 5.73 Å². The van der Waals surface area contributed by atoms with Crippen molar-refractivity contribution in [3.63, 3.8) is 0 Å². The number of rotatable bonds is 1. The van der Waals surface area contributed by atoms with Gasteiger partial charge in [-0.1, -0.05) is 13.8 Å². The highest BCUT2D eigenvalue weighted by molar-refractivity contribution is 7.12. The lowest BCUT2D eigenvalue weighted by molar-refractivity contribution is 0.282. The molecule has 4 heteroatoms.